The summed E-state index contributed by atoms with van der Waals surface area (Å²) in [6.07, 6.45) is 1.26. The molecule has 0 saturated heterocycles. The minimum atomic E-state index is -4.15. The second-order valence-corrected chi connectivity index (χ2v) is 8.71. The molecule has 0 fully saturated rings. The molecule has 2 aromatic carbocycles. The van der Waals surface area contributed by atoms with Gasteiger partial charge >= 0.3 is 5.76 Å². The van der Waals surface area contributed by atoms with Crippen LogP contribution in [0, 0.1) is 18.3 Å². The summed E-state index contributed by atoms with van der Waals surface area (Å²) in [5.41, 5.74) is 2.11. The number of nitriles is 1. The highest BCUT2D eigenvalue weighted by Crippen LogP contribution is 2.26. The molecule has 0 aliphatic rings. The topological polar surface area (TPSA) is 147 Å². The van der Waals surface area contributed by atoms with Crippen LogP contribution in [0.4, 0.5) is 5.82 Å². The van der Waals surface area contributed by atoms with Crippen molar-refractivity contribution in [2.75, 3.05) is 4.72 Å². The maximum absolute atomic E-state index is 13.1. The molecule has 3 aromatic heterocycles. The highest BCUT2D eigenvalue weighted by atomic mass is 32.2. The Morgan fingerprint density at radius 2 is 2.00 bits per heavy atom. The van der Waals surface area contributed by atoms with E-state index in [2.05, 4.69) is 19.8 Å². The van der Waals surface area contributed by atoms with Gasteiger partial charge in [-0.05, 0) is 36.8 Å². The van der Waals surface area contributed by atoms with Crippen molar-refractivity contribution in [2.24, 2.45) is 0 Å². The largest absolute Gasteiger partial charge is 0.417 e. The number of benzene rings is 2. The Bertz CT molecular complexity index is 1720. The minimum Gasteiger partial charge on any atom is -0.408 e. The molecule has 0 unspecified atom stereocenters. The standard InChI is InChI=1S/C21H14N6O4S/c1-12-8-19(24-16-5-3-2-4-15(12)16)27-20(13(10-22)11-23-27)26-32(29,30)14-6-7-17-18(9-14)31-21(28)25-17/h2-9,11,26H,1H3,(H,25,28). The molecule has 5 rings (SSSR count). The Morgan fingerprint density at radius 3 is 2.81 bits per heavy atom. The number of nitrogens with zero attached hydrogens (tertiary/aromatic N) is 4. The average molecular weight is 446 g/mol. The number of oxazole rings is 1. The first kappa shape index (κ1) is 19.5. The SMILES string of the molecule is Cc1cc(-n2ncc(C#N)c2NS(=O)(=O)c2ccc3[nH]c(=O)oc3c2)nc2ccccc12. The number of rotatable bonds is 4. The van der Waals surface area contributed by atoms with E-state index >= 15 is 0 Å². The summed E-state index contributed by atoms with van der Waals surface area (Å²) in [7, 11) is -4.15. The summed E-state index contributed by atoms with van der Waals surface area (Å²) < 4.78 is 34.8. The van der Waals surface area contributed by atoms with Gasteiger partial charge in [-0.1, -0.05) is 18.2 Å². The Balaban J connectivity index is 1.62. The van der Waals surface area contributed by atoms with Crippen LogP contribution in [-0.4, -0.2) is 28.2 Å². The number of para-hydroxylation sites is 1. The van der Waals surface area contributed by atoms with Crippen molar-refractivity contribution < 1.29 is 12.8 Å². The molecule has 0 amide bonds. The number of fused-ring (bicyclic) bond motifs is 2. The van der Waals surface area contributed by atoms with Gasteiger partial charge in [0.2, 0.25) is 0 Å². The van der Waals surface area contributed by atoms with Crippen LogP contribution in [-0.2, 0) is 10.0 Å². The van der Waals surface area contributed by atoms with Gasteiger partial charge in [0, 0.05) is 11.5 Å². The number of nitrogens with one attached hydrogen (secondary N) is 2. The third-order valence-electron chi connectivity index (χ3n) is 4.95. The van der Waals surface area contributed by atoms with E-state index in [-0.39, 0.29) is 21.9 Å². The van der Waals surface area contributed by atoms with Crippen LogP contribution in [0.2, 0.25) is 0 Å². The van der Waals surface area contributed by atoms with E-state index in [1.165, 1.54) is 29.1 Å². The molecule has 11 heteroatoms. The maximum Gasteiger partial charge on any atom is 0.417 e. The molecule has 32 heavy (non-hydrogen) atoms. The van der Waals surface area contributed by atoms with Crippen molar-refractivity contribution in [1.29, 1.82) is 5.26 Å². The Morgan fingerprint density at radius 1 is 1.19 bits per heavy atom. The first-order valence-electron chi connectivity index (χ1n) is 9.36. The van der Waals surface area contributed by atoms with Gasteiger partial charge in [0.25, 0.3) is 10.0 Å². The lowest BCUT2D eigenvalue weighted by molar-refractivity contribution is 0.554. The summed E-state index contributed by atoms with van der Waals surface area (Å²) in [6.45, 7) is 1.91. The molecule has 0 aliphatic carbocycles. The number of aryl methyl sites for hydroxylation is 1. The van der Waals surface area contributed by atoms with Gasteiger partial charge in [-0.15, -0.1) is 0 Å². The van der Waals surface area contributed by atoms with Crippen LogP contribution in [0.25, 0.3) is 27.8 Å². The zero-order valence-corrected chi connectivity index (χ0v) is 17.3. The lowest BCUT2D eigenvalue weighted by Gasteiger charge is -2.12. The van der Waals surface area contributed by atoms with Gasteiger partial charge in [-0.3, -0.25) is 9.71 Å². The van der Waals surface area contributed by atoms with Crippen molar-refractivity contribution in [3.63, 3.8) is 0 Å². The number of aromatic nitrogens is 4. The van der Waals surface area contributed by atoms with Crippen LogP contribution in [0.5, 0.6) is 0 Å². The second-order valence-electron chi connectivity index (χ2n) is 7.02. The minimum absolute atomic E-state index is 0.0236. The van der Waals surface area contributed by atoms with Crippen LogP contribution in [0.15, 0.2) is 68.8 Å². The number of aromatic amines is 1. The smallest absolute Gasteiger partial charge is 0.408 e. The van der Waals surface area contributed by atoms with Crippen molar-refractivity contribution in [3.8, 4) is 11.9 Å². The fraction of sp³-hybridized carbons (Fsp3) is 0.0476. The number of pyridine rings is 1. The normalized spacial score (nSPS) is 11.6. The zero-order chi connectivity index (χ0) is 22.5. The molecule has 0 radical (unpaired) electrons. The van der Waals surface area contributed by atoms with Crippen LogP contribution >= 0.6 is 0 Å². The quantitative estimate of drug-likeness (QED) is 0.431. The predicted molar refractivity (Wildman–Crippen MR) is 116 cm³/mol. The molecule has 0 bridgehead atoms. The van der Waals surface area contributed by atoms with Gasteiger partial charge in [0.05, 0.1) is 22.1 Å². The Hall–Kier alpha value is -4.43. The van der Waals surface area contributed by atoms with Gasteiger partial charge in [-0.25, -0.2) is 18.2 Å². The van der Waals surface area contributed by atoms with Gasteiger partial charge in [0.1, 0.15) is 11.6 Å². The van der Waals surface area contributed by atoms with Crippen molar-refractivity contribution in [3.05, 3.63) is 76.4 Å². The van der Waals surface area contributed by atoms with E-state index in [4.69, 9.17) is 4.42 Å². The highest BCUT2D eigenvalue weighted by molar-refractivity contribution is 7.92. The Kier molecular flexibility index (Phi) is 4.31. The monoisotopic (exact) mass is 446 g/mol. The van der Waals surface area contributed by atoms with Crippen molar-refractivity contribution in [2.45, 2.75) is 11.8 Å². The molecule has 3 heterocycles. The molecule has 0 atom stereocenters. The summed E-state index contributed by atoms with van der Waals surface area (Å²) in [5.74, 6) is -0.386. The number of hydrogen-bond donors (Lipinski definition) is 2. The van der Waals surface area contributed by atoms with Gasteiger partial charge < -0.3 is 4.42 Å². The number of anilines is 1. The van der Waals surface area contributed by atoms with Gasteiger partial charge in [-0.2, -0.15) is 15.0 Å². The van der Waals surface area contributed by atoms with Crippen molar-refractivity contribution in [1.82, 2.24) is 19.7 Å². The van der Waals surface area contributed by atoms with Crippen molar-refractivity contribution >= 4 is 37.8 Å². The first-order chi connectivity index (χ1) is 15.4. The third kappa shape index (κ3) is 3.19. The van der Waals surface area contributed by atoms with E-state index in [1.807, 2.05) is 37.3 Å². The van der Waals surface area contributed by atoms with E-state index < -0.39 is 15.8 Å². The molecular formula is C21H14N6O4S. The van der Waals surface area contributed by atoms with Crippen LogP contribution < -0.4 is 10.5 Å². The predicted octanol–water partition coefficient (Wildman–Crippen LogP) is 2.84. The molecule has 10 nitrogen and oxygen atoms in total. The lowest BCUT2D eigenvalue weighted by Crippen LogP contribution is -2.17. The number of hydrogen-bond acceptors (Lipinski definition) is 7. The first-order valence-corrected chi connectivity index (χ1v) is 10.8. The Labute approximate surface area is 180 Å². The van der Waals surface area contributed by atoms with E-state index in [1.54, 1.807) is 6.07 Å². The zero-order valence-electron chi connectivity index (χ0n) is 16.5. The van der Waals surface area contributed by atoms with E-state index in [0.29, 0.717) is 16.9 Å². The van der Waals surface area contributed by atoms with E-state index in [0.717, 1.165) is 10.9 Å². The lowest BCUT2D eigenvalue weighted by atomic mass is 10.1. The summed E-state index contributed by atoms with van der Waals surface area (Å²) >= 11 is 0. The molecular weight excluding hydrogens is 432 g/mol. The van der Waals surface area contributed by atoms with E-state index in [9.17, 15) is 18.5 Å². The third-order valence-corrected chi connectivity index (χ3v) is 6.29. The summed E-state index contributed by atoms with van der Waals surface area (Å²) in [6, 6.07) is 15.2. The maximum atomic E-state index is 13.1. The van der Waals surface area contributed by atoms with Crippen LogP contribution in [0.1, 0.15) is 11.1 Å². The molecule has 0 spiro atoms. The molecule has 5 aromatic rings. The molecule has 0 aliphatic heterocycles. The summed E-state index contributed by atoms with van der Waals surface area (Å²) in [5, 5.41) is 14.6. The molecule has 2 N–H and O–H groups in total. The summed E-state index contributed by atoms with van der Waals surface area (Å²) in [4.78, 5) is 18.2. The average Bonchev–Trinajstić information content (AvgIpc) is 3.34. The fourth-order valence-electron chi connectivity index (χ4n) is 3.42. The second kappa shape index (κ2) is 7.07. The molecule has 0 saturated carbocycles. The van der Waals surface area contributed by atoms with Crippen LogP contribution in [0.3, 0.4) is 0 Å². The highest BCUT2D eigenvalue weighted by Gasteiger charge is 2.22. The fourth-order valence-corrected chi connectivity index (χ4v) is 4.50. The number of H-pyrrole nitrogens is 1. The number of sulfonamides is 1. The van der Waals surface area contributed by atoms with Gasteiger partial charge in [0.15, 0.2) is 17.2 Å². The molecule has 158 valence electrons.